The second kappa shape index (κ2) is 24.9. The molecule has 0 saturated heterocycles. The highest BCUT2D eigenvalue weighted by molar-refractivity contribution is 5.87. The maximum absolute atomic E-state index is 12.1. The number of alkyl carbamates (subject to hydrolysis) is 3. The summed E-state index contributed by atoms with van der Waals surface area (Å²) in [5, 5.41) is 7.41. The lowest BCUT2D eigenvalue weighted by atomic mass is 10.4. The van der Waals surface area contributed by atoms with E-state index in [2.05, 4.69) is 50.6 Å². The summed E-state index contributed by atoms with van der Waals surface area (Å²) in [7, 11) is 5.01. The zero-order valence-corrected chi connectivity index (χ0v) is 31.7. The number of rotatable bonds is 24. The molecule has 300 valence electrons. The van der Waals surface area contributed by atoms with Crippen molar-refractivity contribution in [1.29, 1.82) is 0 Å². The molecule has 0 bridgehead atoms. The van der Waals surface area contributed by atoms with Crippen LogP contribution < -0.4 is 30.7 Å². The van der Waals surface area contributed by atoms with Crippen LogP contribution in [0.25, 0.3) is 0 Å². The minimum atomic E-state index is -0.722. The van der Waals surface area contributed by atoms with Gasteiger partial charge < -0.3 is 59.1 Å². The summed E-state index contributed by atoms with van der Waals surface area (Å²) in [6.45, 7) is 15.3. The molecule has 54 heavy (non-hydrogen) atoms. The Kier molecular flexibility index (Phi) is 21.2. The van der Waals surface area contributed by atoms with E-state index in [0.29, 0.717) is 0 Å². The predicted molar refractivity (Wildman–Crippen MR) is 195 cm³/mol. The highest BCUT2D eigenvalue weighted by Gasteiger charge is 2.18. The fourth-order valence-corrected chi connectivity index (χ4v) is 3.39. The van der Waals surface area contributed by atoms with Crippen molar-refractivity contribution in [3.05, 3.63) is 36.5 Å². The monoisotopic (exact) mass is 765 g/mol. The Balaban J connectivity index is 2.82. The van der Waals surface area contributed by atoms with Crippen molar-refractivity contribution in [3.8, 4) is 0 Å². The second-order valence-electron chi connectivity index (χ2n) is 11.4. The minimum absolute atomic E-state index is 0.0407. The first kappa shape index (κ1) is 45.9. The Hall–Kier alpha value is -6.15. The summed E-state index contributed by atoms with van der Waals surface area (Å²) in [5.41, 5.74) is 0.720. The van der Waals surface area contributed by atoms with E-state index >= 15 is 0 Å². The summed E-state index contributed by atoms with van der Waals surface area (Å²) in [6, 6.07) is 0. The molecule has 0 aliphatic carbocycles. The molecule has 1 aromatic rings. The van der Waals surface area contributed by atoms with E-state index in [1.807, 2.05) is 0 Å². The normalized spacial score (nSPS) is 10.1. The second-order valence-corrected chi connectivity index (χ2v) is 11.4. The van der Waals surface area contributed by atoms with E-state index < -0.39 is 36.2 Å². The molecule has 21 nitrogen and oxygen atoms in total. The minimum Gasteiger partial charge on any atom is -0.460 e. The molecule has 21 heteroatoms. The first-order valence-corrected chi connectivity index (χ1v) is 16.6. The molecule has 0 spiro atoms. The van der Waals surface area contributed by atoms with Crippen LogP contribution >= 0.6 is 0 Å². The SMILES string of the molecule is C=C(C)C(=O)OCCNC(=O)OCCN(C)c1nc(N(C)CCOC(=O)NCCOC(=O)C(=C)C)nc(N(C)CCOC(=O)NCCOC(=O)C(=C)C)n1. The number of likely N-dealkylation sites (N-methyl/N-ethyl adjacent to an activating group) is 3. The van der Waals surface area contributed by atoms with Gasteiger partial charge in [0.15, 0.2) is 0 Å². The highest BCUT2D eigenvalue weighted by Crippen LogP contribution is 2.17. The van der Waals surface area contributed by atoms with Crippen molar-refractivity contribution in [2.45, 2.75) is 20.8 Å². The molecular formula is C33H51N9O12. The van der Waals surface area contributed by atoms with Crippen LogP contribution in [0.2, 0.25) is 0 Å². The van der Waals surface area contributed by atoms with Crippen LogP contribution in [-0.2, 0) is 42.8 Å². The van der Waals surface area contributed by atoms with Crippen LogP contribution in [0.4, 0.5) is 32.2 Å². The topological polar surface area (TPSA) is 242 Å². The number of carbonyl (C=O) groups is 6. The maximum atomic E-state index is 12.1. The molecule has 0 saturated carbocycles. The first-order chi connectivity index (χ1) is 25.5. The number of anilines is 3. The summed E-state index contributed by atoms with van der Waals surface area (Å²) in [6.07, 6.45) is -2.17. The fraction of sp³-hybridized carbons (Fsp3) is 0.545. The quantitative estimate of drug-likeness (QED) is 0.0568. The van der Waals surface area contributed by atoms with Crippen molar-refractivity contribution in [3.63, 3.8) is 0 Å². The summed E-state index contributed by atoms with van der Waals surface area (Å²) in [4.78, 5) is 89.0. The number of aromatic nitrogens is 3. The van der Waals surface area contributed by atoms with Gasteiger partial charge in [-0.2, -0.15) is 15.0 Å². The lowest BCUT2D eigenvalue weighted by Crippen LogP contribution is -2.34. The number of nitrogens with zero attached hydrogens (tertiary/aromatic N) is 6. The van der Waals surface area contributed by atoms with Crippen LogP contribution in [0, 0.1) is 0 Å². The molecular weight excluding hydrogens is 714 g/mol. The average Bonchev–Trinajstić information content (AvgIpc) is 3.12. The lowest BCUT2D eigenvalue weighted by molar-refractivity contribution is -0.139. The highest BCUT2D eigenvalue weighted by atomic mass is 16.6. The standard InChI is InChI=1S/C33H51N9O12/c1-22(2)25(43)49-16-10-34-31(46)52-19-13-40(7)28-37-29(41(8)14-20-53-32(47)35-11-17-50-26(44)23(3)4)39-30(38-28)42(9)15-21-54-33(48)36-12-18-51-27(45)24(5)6/h1,3,5,10-21H2,2,4,6-9H3,(H,34,46)(H,35,47)(H,36,48). The van der Waals surface area contributed by atoms with Crippen molar-refractivity contribution < 1.29 is 57.2 Å². The van der Waals surface area contributed by atoms with E-state index in [1.54, 1.807) is 35.8 Å². The van der Waals surface area contributed by atoms with Gasteiger partial charge in [0.25, 0.3) is 0 Å². The zero-order chi connectivity index (χ0) is 40.6. The molecule has 3 amide bonds. The van der Waals surface area contributed by atoms with Gasteiger partial charge in [-0.05, 0) is 20.8 Å². The molecule has 0 fully saturated rings. The lowest BCUT2D eigenvalue weighted by Gasteiger charge is -2.24. The fourth-order valence-electron chi connectivity index (χ4n) is 3.39. The van der Waals surface area contributed by atoms with Crippen LogP contribution in [0.1, 0.15) is 20.8 Å². The van der Waals surface area contributed by atoms with Gasteiger partial charge in [0.05, 0.1) is 39.3 Å². The van der Waals surface area contributed by atoms with Gasteiger partial charge in [-0.3, -0.25) is 0 Å². The van der Waals surface area contributed by atoms with E-state index in [1.165, 1.54) is 20.8 Å². The van der Waals surface area contributed by atoms with E-state index in [9.17, 15) is 28.8 Å². The Bertz CT molecular complexity index is 1310. The van der Waals surface area contributed by atoms with Crippen molar-refractivity contribution in [2.24, 2.45) is 0 Å². The predicted octanol–water partition coefficient (Wildman–Crippen LogP) is 0.717. The Labute approximate surface area is 314 Å². The molecule has 0 aliphatic heterocycles. The molecule has 0 atom stereocenters. The van der Waals surface area contributed by atoms with E-state index in [-0.39, 0.29) is 113 Å². The van der Waals surface area contributed by atoms with Crippen LogP contribution in [-0.4, -0.2) is 151 Å². The number of amides is 3. The molecule has 3 N–H and O–H groups in total. The van der Waals surface area contributed by atoms with Crippen LogP contribution in [0.3, 0.4) is 0 Å². The largest absolute Gasteiger partial charge is 0.460 e. The third kappa shape index (κ3) is 19.5. The zero-order valence-electron chi connectivity index (χ0n) is 31.7. The first-order valence-electron chi connectivity index (χ1n) is 16.6. The summed E-state index contributed by atoms with van der Waals surface area (Å²) < 4.78 is 30.4. The van der Waals surface area contributed by atoms with E-state index in [0.717, 1.165) is 0 Å². The van der Waals surface area contributed by atoms with Gasteiger partial charge in [0.2, 0.25) is 17.8 Å². The van der Waals surface area contributed by atoms with Gasteiger partial charge in [0, 0.05) is 37.9 Å². The number of esters is 3. The summed E-state index contributed by atoms with van der Waals surface area (Å²) >= 11 is 0. The number of hydrogen-bond donors (Lipinski definition) is 3. The van der Waals surface area contributed by atoms with Crippen LogP contribution in [0.15, 0.2) is 36.5 Å². The van der Waals surface area contributed by atoms with Gasteiger partial charge in [-0.25, -0.2) is 28.8 Å². The van der Waals surface area contributed by atoms with Crippen LogP contribution in [0.5, 0.6) is 0 Å². The number of carbonyl (C=O) groups excluding carboxylic acids is 6. The molecule has 0 radical (unpaired) electrons. The van der Waals surface area contributed by atoms with Crippen molar-refractivity contribution in [2.75, 3.05) is 115 Å². The number of ether oxygens (including phenoxy) is 6. The Morgan fingerprint density at radius 3 is 0.926 bits per heavy atom. The van der Waals surface area contributed by atoms with Crippen molar-refractivity contribution >= 4 is 54.0 Å². The van der Waals surface area contributed by atoms with Gasteiger partial charge in [-0.1, -0.05) is 19.7 Å². The van der Waals surface area contributed by atoms with Gasteiger partial charge in [0.1, 0.15) is 39.6 Å². The average molecular weight is 766 g/mol. The Morgan fingerprint density at radius 2 is 0.704 bits per heavy atom. The third-order valence-corrected chi connectivity index (χ3v) is 6.46. The third-order valence-electron chi connectivity index (χ3n) is 6.46. The van der Waals surface area contributed by atoms with Gasteiger partial charge >= 0.3 is 36.2 Å². The van der Waals surface area contributed by atoms with E-state index in [4.69, 9.17) is 28.4 Å². The molecule has 0 aliphatic rings. The number of hydrogen-bond acceptors (Lipinski definition) is 18. The summed E-state index contributed by atoms with van der Waals surface area (Å²) in [5.74, 6) is -1.09. The maximum Gasteiger partial charge on any atom is 0.407 e. The van der Waals surface area contributed by atoms with Crippen molar-refractivity contribution in [1.82, 2.24) is 30.9 Å². The van der Waals surface area contributed by atoms with Gasteiger partial charge in [-0.15, -0.1) is 0 Å². The molecule has 1 aromatic heterocycles. The smallest absolute Gasteiger partial charge is 0.407 e. The number of nitrogens with one attached hydrogen (secondary N) is 3. The Morgan fingerprint density at radius 1 is 0.463 bits per heavy atom. The molecule has 0 unspecified atom stereocenters. The molecule has 1 heterocycles. The molecule has 0 aromatic carbocycles. The molecule has 1 rings (SSSR count).